The molecule has 1 fully saturated rings. The molecule has 32 heavy (non-hydrogen) atoms. The summed E-state index contributed by atoms with van der Waals surface area (Å²) < 4.78 is 6.56. The summed E-state index contributed by atoms with van der Waals surface area (Å²) in [6, 6.07) is -1.23. The Morgan fingerprint density at radius 1 is 1.41 bits per heavy atom. The number of nitrogens with two attached hydrogens (primary N) is 2. The predicted molar refractivity (Wildman–Crippen MR) is 111 cm³/mol. The van der Waals surface area contributed by atoms with Gasteiger partial charge in [0, 0.05) is 7.05 Å². The van der Waals surface area contributed by atoms with Crippen LogP contribution in [0.25, 0.3) is 11.2 Å². The van der Waals surface area contributed by atoms with Crippen LogP contribution in [0.5, 0.6) is 0 Å². The summed E-state index contributed by atoms with van der Waals surface area (Å²) in [5.41, 5.74) is 8.98. The molecule has 3 rings (SSSR count). The van der Waals surface area contributed by atoms with Gasteiger partial charge in [-0.25, -0.2) is 15.0 Å². The number of ether oxygens (including phenoxy) is 1. The van der Waals surface area contributed by atoms with E-state index >= 15 is 0 Å². The van der Waals surface area contributed by atoms with Gasteiger partial charge in [0.25, 0.3) is 11.6 Å². The highest BCUT2D eigenvalue weighted by atomic mass is 32.2. The number of aliphatic hydroxyl groups is 4. The summed E-state index contributed by atoms with van der Waals surface area (Å²) >= 11 is 1.12. The second-order valence-corrected chi connectivity index (χ2v) is 8.09. The van der Waals surface area contributed by atoms with Crippen LogP contribution in [-0.2, 0) is 20.1 Å². The van der Waals surface area contributed by atoms with Crippen molar-refractivity contribution in [1.29, 1.82) is 0 Å². The molecule has 3 heterocycles. The van der Waals surface area contributed by atoms with Crippen molar-refractivity contribution < 1.29 is 34.8 Å². The molecule has 0 unspecified atom stereocenters. The van der Waals surface area contributed by atoms with E-state index in [1.165, 1.54) is 14.0 Å². The number of nitrogens with zero attached hydrogens (tertiary/aromatic N) is 5. The van der Waals surface area contributed by atoms with E-state index in [1.807, 2.05) is 0 Å². The third-order valence-corrected chi connectivity index (χ3v) is 5.87. The van der Waals surface area contributed by atoms with Gasteiger partial charge in [0.1, 0.15) is 30.7 Å². The average molecular weight is 471 g/mol. The van der Waals surface area contributed by atoms with E-state index in [4.69, 9.17) is 16.2 Å². The maximum absolute atomic E-state index is 12.7. The second kappa shape index (κ2) is 8.86. The van der Waals surface area contributed by atoms with Crippen LogP contribution in [0.3, 0.4) is 0 Å². The molecule has 0 aliphatic carbocycles. The second-order valence-electron chi connectivity index (χ2n) is 7.32. The Labute approximate surface area is 186 Å². The van der Waals surface area contributed by atoms with Crippen LogP contribution in [-0.4, -0.2) is 102 Å². The van der Waals surface area contributed by atoms with E-state index < -0.39 is 54.6 Å². The zero-order valence-electron chi connectivity index (χ0n) is 17.5. The molecule has 14 nitrogen and oxygen atoms in total. The summed E-state index contributed by atoms with van der Waals surface area (Å²) in [7, 11) is 1.38. The van der Waals surface area contributed by atoms with Crippen LogP contribution < -0.4 is 16.4 Å². The molecule has 0 saturated carbocycles. The lowest BCUT2D eigenvalue weighted by molar-refractivity contribution is -0.173. The number of primary amides is 1. The number of likely N-dealkylation sites (N-methyl/N-ethyl adjacent to an activating group) is 1. The molecule has 0 spiro atoms. The van der Waals surface area contributed by atoms with Crippen molar-refractivity contribution in [1.82, 2.24) is 19.5 Å². The number of hydrogen-bond acceptors (Lipinski definition) is 12. The number of fused-ring (bicyclic) bond motifs is 1. The molecule has 176 valence electrons. The summed E-state index contributed by atoms with van der Waals surface area (Å²) in [6.07, 6.45) is -3.14. The van der Waals surface area contributed by atoms with E-state index in [-0.39, 0.29) is 22.1 Å². The molecule has 1 aliphatic rings. The van der Waals surface area contributed by atoms with Crippen LogP contribution in [0.4, 0.5) is 5.82 Å². The van der Waals surface area contributed by atoms with Gasteiger partial charge in [-0.05, 0) is 13.2 Å². The van der Waals surface area contributed by atoms with Crippen LogP contribution in [0.2, 0.25) is 0 Å². The van der Waals surface area contributed by atoms with Gasteiger partial charge in [-0.15, -0.1) is 0 Å². The number of anilines is 1. The maximum atomic E-state index is 12.7. The molecular formula is C17H25N7O7S. The molecule has 2 aromatic rings. The number of amides is 2. The summed E-state index contributed by atoms with van der Waals surface area (Å²) in [6.45, 7) is 0.678. The molecule has 0 radical (unpaired) electrons. The number of hydrogen-bond donors (Lipinski definition) is 6. The highest BCUT2D eigenvalue weighted by molar-refractivity contribution is 7.98. The van der Waals surface area contributed by atoms with Crippen molar-refractivity contribution in [3.05, 3.63) is 6.33 Å². The topological polar surface area (TPSA) is 223 Å². The number of imidazole rings is 1. The minimum Gasteiger partial charge on any atom is -0.394 e. The van der Waals surface area contributed by atoms with Gasteiger partial charge >= 0.3 is 0 Å². The highest BCUT2D eigenvalue weighted by Gasteiger charge is 2.60. The molecular weight excluding hydrogens is 446 g/mol. The largest absolute Gasteiger partial charge is 0.394 e. The van der Waals surface area contributed by atoms with E-state index in [0.717, 1.165) is 27.6 Å². The lowest BCUT2D eigenvalue weighted by Crippen LogP contribution is -2.54. The van der Waals surface area contributed by atoms with Gasteiger partial charge in [-0.2, -0.15) is 0 Å². The van der Waals surface area contributed by atoms with Crippen LogP contribution >= 0.6 is 11.8 Å². The van der Waals surface area contributed by atoms with Crippen LogP contribution in [0.1, 0.15) is 6.92 Å². The number of thioether (sulfide) groups is 1. The molecule has 15 heteroatoms. The zero-order chi connectivity index (χ0) is 24.0. The number of rotatable bonds is 7. The molecule has 6 atom stereocenters. The third-order valence-electron chi connectivity index (χ3n) is 5.32. The first kappa shape index (κ1) is 24.2. The SMILES string of the molecule is CSc1nc(N(C)C(=O)[C@@H](N)[C@@H](C)O)c2ncn([C@]3(C(N)=O)O[C@H](CO)[C@@H](O)[C@H]3O)c2n1. The smallest absolute Gasteiger partial charge is 0.274 e. The molecule has 0 bridgehead atoms. The Bertz CT molecular complexity index is 1030. The Morgan fingerprint density at radius 2 is 2.06 bits per heavy atom. The quantitative estimate of drug-likeness (QED) is 0.171. The lowest BCUT2D eigenvalue weighted by atomic mass is 10.0. The van der Waals surface area contributed by atoms with Gasteiger partial charge in [-0.3, -0.25) is 19.1 Å². The highest BCUT2D eigenvalue weighted by Crippen LogP contribution is 2.38. The molecule has 2 amide bonds. The average Bonchev–Trinajstić information content (AvgIpc) is 3.31. The predicted octanol–water partition coefficient (Wildman–Crippen LogP) is -3.53. The lowest BCUT2D eigenvalue weighted by Gasteiger charge is -2.30. The van der Waals surface area contributed by atoms with Crippen LogP contribution in [0, 0.1) is 0 Å². The Morgan fingerprint density at radius 3 is 2.56 bits per heavy atom. The Hall–Kier alpha value is -2.40. The fraction of sp³-hybridized carbons (Fsp3) is 0.588. The van der Waals surface area contributed by atoms with Crippen LogP contribution in [0.15, 0.2) is 11.5 Å². The monoisotopic (exact) mass is 471 g/mol. The minimum atomic E-state index is -2.33. The van der Waals surface area contributed by atoms with Crippen molar-refractivity contribution in [2.75, 3.05) is 24.8 Å². The summed E-state index contributed by atoms with van der Waals surface area (Å²) in [5.74, 6) is -1.80. The normalized spacial score (nSPS) is 27.4. The molecule has 1 saturated heterocycles. The van der Waals surface area contributed by atoms with Crippen molar-refractivity contribution in [3.8, 4) is 0 Å². The first-order valence-corrected chi connectivity index (χ1v) is 10.7. The zero-order valence-corrected chi connectivity index (χ0v) is 18.3. The fourth-order valence-corrected chi connectivity index (χ4v) is 3.80. The summed E-state index contributed by atoms with van der Waals surface area (Å²) in [5, 5.41) is 40.2. The number of aliphatic hydroxyl groups excluding tert-OH is 4. The molecule has 0 aromatic carbocycles. The Balaban J connectivity index is 2.23. The molecule has 2 aromatic heterocycles. The minimum absolute atomic E-state index is 0.0190. The van der Waals surface area contributed by atoms with Gasteiger partial charge in [-0.1, -0.05) is 11.8 Å². The molecule has 1 aliphatic heterocycles. The van der Waals surface area contributed by atoms with Crippen molar-refractivity contribution in [2.45, 2.75) is 48.3 Å². The van der Waals surface area contributed by atoms with E-state index in [2.05, 4.69) is 15.0 Å². The van der Waals surface area contributed by atoms with Crippen molar-refractivity contribution >= 4 is 40.6 Å². The van der Waals surface area contributed by atoms with Gasteiger partial charge in [0.05, 0.1) is 12.7 Å². The number of carbonyl (C=O) groups is 2. The van der Waals surface area contributed by atoms with E-state index in [9.17, 15) is 30.0 Å². The first-order valence-electron chi connectivity index (χ1n) is 9.46. The van der Waals surface area contributed by atoms with Crippen molar-refractivity contribution in [2.24, 2.45) is 11.5 Å². The molecule has 8 N–H and O–H groups in total. The van der Waals surface area contributed by atoms with E-state index in [0.29, 0.717) is 0 Å². The van der Waals surface area contributed by atoms with Gasteiger partial charge in [0.15, 0.2) is 22.1 Å². The first-order chi connectivity index (χ1) is 15.0. The number of carbonyl (C=O) groups excluding carboxylic acids is 2. The third kappa shape index (κ3) is 3.61. The van der Waals surface area contributed by atoms with E-state index in [1.54, 1.807) is 6.26 Å². The van der Waals surface area contributed by atoms with Crippen molar-refractivity contribution in [3.63, 3.8) is 0 Å². The number of aromatic nitrogens is 4. The van der Waals surface area contributed by atoms with Gasteiger partial charge < -0.3 is 36.6 Å². The Kier molecular flexibility index (Phi) is 6.71. The fourth-order valence-electron chi connectivity index (χ4n) is 3.44. The maximum Gasteiger partial charge on any atom is 0.274 e. The standard InChI is InChI=1S/C17H25N7O7S/c1-6(26)8(18)14(29)23(2)12-9-13(22-16(21-12)32-3)24(5-20-9)17(15(19)30)11(28)10(27)7(4-25)31-17/h5-8,10-11,25-28H,4,18H2,1-3H3,(H2,19,30)/t6-,7-,8+,10-,11-,17+/m1/s1. The van der Waals surface area contributed by atoms with Gasteiger partial charge in [0.2, 0.25) is 5.91 Å². The summed E-state index contributed by atoms with van der Waals surface area (Å²) in [4.78, 5) is 39.0.